The van der Waals surface area contributed by atoms with Gasteiger partial charge in [0.05, 0.1) is 11.1 Å². The van der Waals surface area contributed by atoms with Gasteiger partial charge >= 0.3 is 11.9 Å². The number of hydrogen-bond acceptors (Lipinski definition) is 7. The first kappa shape index (κ1) is 46.1. The molecule has 0 aliphatic heterocycles. The quantitative estimate of drug-likeness (QED) is 0.105. The molecule has 304 valence electrons. The smallest absolute Gasteiger partial charge is 0.336 e. The van der Waals surface area contributed by atoms with Gasteiger partial charge in [0.15, 0.2) is 11.6 Å². The Morgan fingerprint density at radius 3 is 1.68 bits per heavy atom. The zero-order chi connectivity index (χ0) is 44.0. The van der Waals surface area contributed by atoms with Gasteiger partial charge in [0.25, 0.3) is 0 Å². The van der Waals surface area contributed by atoms with E-state index in [0.717, 1.165) is 39.0 Å². The van der Waals surface area contributed by atoms with Crippen LogP contribution >= 0.6 is 0 Å². The molecule has 59 heavy (non-hydrogen) atoms. The van der Waals surface area contributed by atoms with Crippen molar-refractivity contribution in [2.75, 3.05) is 0 Å². The fourth-order valence-corrected chi connectivity index (χ4v) is 6.40. The van der Waals surface area contributed by atoms with Crippen LogP contribution in [0.2, 0.25) is 0 Å². The Morgan fingerprint density at radius 1 is 0.576 bits per heavy atom. The van der Waals surface area contributed by atoms with E-state index in [4.69, 9.17) is 15.3 Å². The Morgan fingerprint density at radius 2 is 1.12 bits per heavy atom. The van der Waals surface area contributed by atoms with Crippen LogP contribution in [-0.2, 0) is 10.2 Å². The lowest BCUT2D eigenvalue weighted by Crippen LogP contribution is -2.29. The summed E-state index contributed by atoms with van der Waals surface area (Å²) in [6, 6.07) is 30.7. The van der Waals surface area contributed by atoms with E-state index < -0.39 is 17.4 Å². The monoisotopic (exact) mass is 794 g/mol. The Balaban J connectivity index is 0.000000250. The van der Waals surface area contributed by atoms with Crippen LogP contribution in [0.1, 0.15) is 107 Å². The van der Waals surface area contributed by atoms with Crippen LogP contribution < -0.4 is 0 Å². The van der Waals surface area contributed by atoms with Crippen molar-refractivity contribution in [3.8, 4) is 17.2 Å². The maximum Gasteiger partial charge on any atom is 0.336 e. The fraction of sp³-hybridized carbons (Fsp3) is 0.160. The number of carbonyl (C=O) groups excluding carboxylic acids is 2. The van der Waals surface area contributed by atoms with Crippen LogP contribution in [0.5, 0.6) is 17.2 Å². The van der Waals surface area contributed by atoms with Gasteiger partial charge in [-0.2, -0.15) is 0 Å². The van der Waals surface area contributed by atoms with Crippen molar-refractivity contribution in [1.82, 2.24) is 0 Å². The number of aromatic carboxylic acids is 2. The van der Waals surface area contributed by atoms with Crippen molar-refractivity contribution < 1.29 is 44.7 Å². The highest BCUT2D eigenvalue weighted by Crippen LogP contribution is 2.50. The van der Waals surface area contributed by atoms with Crippen molar-refractivity contribution in [2.24, 2.45) is 0 Å². The van der Waals surface area contributed by atoms with Gasteiger partial charge < -0.3 is 25.5 Å². The first-order valence-electron chi connectivity index (χ1n) is 19.1. The molecule has 2 aliphatic rings. The highest BCUT2D eigenvalue weighted by atomic mass is 16.4. The van der Waals surface area contributed by atoms with Gasteiger partial charge in [-0.3, -0.25) is 9.59 Å². The standard InChI is InChI=1S/C23H18O4.C14H10O4.C9H10O.2C2H6/c1-23(2)19-11-13(24)7-9-17(19)21(18-10-8-14(25)12-20(18)23)15-5-3-4-6-16(15)22(26)27;15-10-7-5-9(6-8-10)13(16)11-3-1-2-4-12(11)14(17)18;1-7(2)8-4-3-5-9(10)6-8;2*1-2/h3-12,24H,1-2H3,(H,26,27);1-8,15H,(H,17,18);3-6,10H,1H2,2H3;2*1-2H3. The molecule has 0 radical (unpaired) electrons. The second-order valence-electron chi connectivity index (χ2n) is 13.3. The predicted octanol–water partition coefficient (Wildman–Crippen LogP) is 11.0. The van der Waals surface area contributed by atoms with E-state index in [1.165, 1.54) is 42.5 Å². The average Bonchev–Trinajstić information content (AvgIpc) is 3.23. The minimum atomic E-state index is -1.14. The van der Waals surface area contributed by atoms with Crippen molar-refractivity contribution in [3.05, 3.63) is 196 Å². The molecule has 0 saturated heterocycles. The van der Waals surface area contributed by atoms with E-state index in [1.54, 1.807) is 78.9 Å². The van der Waals surface area contributed by atoms with Gasteiger partial charge in [0.2, 0.25) is 0 Å². The average molecular weight is 795 g/mol. The highest BCUT2D eigenvalue weighted by molar-refractivity contribution is 6.14. The first-order valence-corrected chi connectivity index (χ1v) is 19.1. The van der Waals surface area contributed by atoms with E-state index in [2.05, 4.69) is 6.58 Å². The summed E-state index contributed by atoms with van der Waals surface area (Å²) >= 11 is 0. The predicted molar refractivity (Wildman–Crippen MR) is 233 cm³/mol. The number of carboxylic acid groups (broad SMARTS) is 2. The summed E-state index contributed by atoms with van der Waals surface area (Å²) in [6.07, 6.45) is 4.87. The van der Waals surface area contributed by atoms with Crippen LogP contribution in [-0.4, -0.2) is 49.0 Å². The normalized spacial score (nSPS) is 12.7. The van der Waals surface area contributed by atoms with Gasteiger partial charge in [-0.15, -0.1) is 0 Å². The van der Waals surface area contributed by atoms with Crippen LogP contribution in [0, 0.1) is 0 Å². The first-order chi connectivity index (χ1) is 28.1. The van der Waals surface area contributed by atoms with Crippen LogP contribution in [0.4, 0.5) is 0 Å². The summed E-state index contributed by atoms with van der Waals surface area (Å²) in [5, 5.41) is 46.9. The second kappa shape index (κ2) is 20.8. The molecule has 0 heterocycles. The number of benzene rings is 5. The molecule has 5 aromatic carbocycles. The summed E-state index contributed by atoms with van der Waals surface area (Å²) < 4.78 is 0. The van der Waals surface area contributed by atoms with Crippen LogP contribution in [0.15, 0.2) is 151 Å². The van der Waals surface area contributed by atoms with E-state index in [-0.39, 0.29) is 39.8 Å². The maximum atomic E-state index is 12.1. The van der Waals surface area contributed by atoms with Crippen molar-refractivity contribution in [1.29, 1.82) is 0 Å². The highest BCUT2D eigenvalue weighted by Gasteiger charge is 2.39. The lowest BCUT2D eigenvalue weighted by atomic mass is 9.64. The molecule has 9 nitrogen and oxygen atoms in total. The number of ketones is 2. The van der Waals surface area contributed by atoms with Gasteiger partial charge in [-0.1, -0.05) is 114 Å². The maximum absolute atomic E-state index is 12.1. The molecule has 0 bridgehead atoms. The summed E-state index contributed by atoms with van der Waals surface area (Å²) in [5.74, 6) is -2.15. The second-order valence-corrected chi connectivity index (χ2v) is 13.3. The molecule has 0 aromatic heterocycles. The van der Waals surface area contributed by atoms with Gasteiger partial charge in [0.1, 0.15) is 17.2 Å². The molecule has 5 N–H and O–H groups in total. The van der Waals surface area contributed by atoms with Crippen molar-refractivity contribution in [3.63, 3.8) is 0 Å². The number of carbonyl (C=O) groups is 4. The molecule has 5 aromatic rings. The summed E-state index contributed by atoms with van der Waals surface area (Å²) in [5.41, 5.74) is 6.81. The van der Waals surface area contributed by atoms with E-state index in [0.29, 0.717) is 16.9 Å². The van der Waals surface area contributed by atoms with E-state index in [1.807, 2.05) is 60.6 Å². The third kappa shape index (κ3) is 11.0. The topological polar surface area (TPSA) is 169 Å². The number of allylic oxidation sites excluding steroid dienone is 6. The Kier molecular flexibility index (Phi) is 16.2. The number of phenolic OH excluding ortho intramolecular Hbond substituents is 3. The van der Waals surface area contributed by atoms with Crippen molar-refractivity contribution >= 4 is 34.7 Å². The SMILES string of the molecule is C=C(C)c1cccc(O)c1.CC.CC.CC1(C)C2=CC(=O)C=CC2=C(c2ccccc2C(=O)O)c2ccc(O)cc21.O=C(O)c1ccccc1C(=O)c1ccc(O)cc1. The lowest BCUT2D eigenvalue weighted by Gasteiger charge is -2.39. The molecule has 0 saturated carbocycles. The number of rotatable bonds is 6. The molecule has 0 spiro atoms. The number of carboxylic acids is 2. The third-order valence-electron chi connectivity index (χ3n) is 9.18. The fourth-order valence-electron chi connectivity index (χ4n) is 6.40. The molecule has 2 aliphatic carbocycles. The third-order valence-corrected chi connectivity index (χ3v) is 9.18. The molecule has 7 rings (SSSR count). The van der Waals surface area contributed by atoms with Gasteiger partial charge in [0, 0.05) is 16.5 Å². The Labute approximate surface area is 345 Å². The van der Waals surface area contributed by atoms with Gasteiger partial charge in [-0.25, -0.2) is 9.59 Å². The van der Waals surface area contributed by atoms with Gasteiger partial charge in [-0.05, 0) is 119 Å². The molecule has 0 amide bonds. The molecular weight excluding hydrogens is 745 g/mol. The molecule has 0 atom stereocenters. The minimum Gasteiger partial charge on any atom is -0.508 e. The molecular formula is C50H50O9. The van der Waals surface area contributed by atoms with Crippen molar-refractivity contribution in [2.45, 2.75) is 53.9 Å². The zero-order valence-electron chi connectivity index (χ0n) is 34.3. The van der Waals surface area contributed by atoms with Crippen LogP contribution in [0.25, 0.3) is 11.1 Å². The summed E-state index contributed by atoms with van der Waals surface area (Å²) in [4.78, 5) is 47.1. The van der Waals surface area contributed by atoms with Crippen LogP contribution in [0.3, 0.4) is 0 Å². The zero-order valence-corrected chi connectivity index (χ0v) is 34.3. The Hall–Kier alpha value is -7.26. The number of hydrogen-bond donors (Lipinski definition) is 5. The van der Waals surface area contributed by atoms with E-state index >= 15 is 0 Å². The number of fused-ring (bicyclic) bond motifs is 2. The summed E-state index contributed by atoms with van der Waals surface area (Å²) in [6.45, 7) is 17.7. The largest absolute Gasteiger partial charge is 0.508 e. The Bertz CT molecular complexity index is 2440. The molecule has 0 unspecified atom stereocenters. The lowest BCUT2D eigenvalue weighted by molar-refractivity contribution is -0.110. The molecule has 9 heteroatoms. The molecule has 0 fully saturated rings. The summed E-state index contributed by atoms with van der Waals surface area (Å²) in [7, 11) is 0. The van der Waals surface area contributed by atoms with E-state index in [9.17, 15) is 29.4 Å². The minimum absolute atomic E-state index is 0.0319. The number of aromatic hydroxyl groups is 3. The number of phenols is 3.